The molecule has 9 nitrogen and oxygen atoms in total. The maximum atomic E-state index is 16.8. The summed E-state index contributed by atoms with van der Waals surface area (Å²) in [5.74, 6) is -1.94. The number of nitrogens with two attached hydrogens (primary N) is 1. The van der Waals surface area contributed by atoms with Crippen molar-refractivity contribution in [3.8, 4) is 23.2 Å². The normalized spacial score (nSPS) is 28.1. The lowest BCUT2D eigenvalue weighted by atomic mass is 9.35. The molecule has 2 aromatic heterocycles. The number of fused-ring (bicyclic) bond motifs is 3. The monoisotopic (exact) mass is 668 g/mol. The average molecular weight is 669 g/mol. The molecular formula is C32H28ClF3N6O3S. The van der Waals surface area contributed by atoms with Crippen molar-refractivity contribution in [1.82, 2.24) is 14.9 Å². The smallest absolute Gasteiger partial charge is 0.319 e. The highest BCUT2D eigenvalue weighted by Crippen LogP contribution is 2.73. The minimum Gasteiger partial charge on any atom is -0.481 e. The van der Waals surface area contributed by atoms with E-state index in [-0.39, 0.29) is 71.6 Å². The second-order valence-corrected chi connectivity index (χ2v) is 14.8. The van der Waals surface area contributed by atoms with Gasteiger partial charge in [0.15, 0.2) is 5.82 Å². The van der Waals surface area contributed by atoms with Crippen LogP contribution in [-0.4, -0.2) is 63.9 Å². The molecule has 2 atom stereocenters. The molecule has 5 fully saturated rings. The number of carboxylic acids is 1. The zero-order valence-electron chi connectivity index (χ0n) is 24.4. The van der Waals surface area contributed by atoms with E-state index >= 15 is 4.39 Å². The molecule has 14 heteroatoms. The summed E-state index contributed by atoms with van der Waals surface area (Å²) >= 11 is 7.64. The Morgan fingerprint density at radius 3 is 2.83 bits per heavy atom. The molecule has 0 radical (unpaired) electrons. The lowest BCUT2D eigenvalue weighted by Crippen LogP contribution is -2.67. The Labute approximate surface area is 270 Å². The standard InChI is InChI=1S/C32H28ClF3N6O3S/c33-19-6-17-24(23(36)22(19)16-2-3-20(35)25-21(16)18(8-37)26(38)46-25)40-29(45-14-32-4-1-5-42(32)9-15(34)7-32)41-27(17)39-13-30-10-31(11-30,12-30)28(43)44/h2-3,6,15H,1,4-5,7,9-14,38H2,(H,43,44)(H,39,40,41)/t15-,30?,31?,32+/m1/s1. The number of aliphatic carboxylic acids is 1. The van der Waals surface area contributed by atoms with Gasteiger partial charge in [0.1, 0.15) is 41.0 Å². The molecular weight excluding hydrogens is 641 g/mol. The number of rotatable bonds is 8. The maximum Gasteiger partial charge on any atom is 0.319 e. The molecule has 2 saturated heterocycles. The summed E-state index contributed by atoms with van der Waals surface area (Å²) in [6, 6.07) is 5.95. The minimum atomic E-state index is -0.958. The van der Waals surface area contributed by atoms with E-state index in [4.69, 9.17) is 22.1 Å². The van der Waals surface area contributed by atoms with Crippen LogP contribution in [0, 0.1) is 33.8 Å². The minimum absolute atomic E-state index is 0.0114. The Kier molecular flexibility index (Phi) is 6.46. The topological polar surface area (TPSA) is 137 Å². The second-order valence-electron chi connectivity index (χ2n) is 13.4. The summed E-state index contributed by atoms with van der Waals surface area (Å²) in [7, 11) is 0. The third kappa shape index (κ3) is 4.19. The number of thiophene rings is 1. The first-order chi connectivity index (χ1) is 22.0. The van der Waals surface area contributed by atoms with Crippen molar-refractivity contribution in [3.05, 3.63) is 40.4 Å². The molecule has 4 aromatic rings. The second kappa shape index (κ2) is 10.1. The highest BCUT2D eigenvalue weighted by molar-refractivity contribution is 7.23. The van der Waals surface area contributed by atoms with Crippen molar-refractivity contribution in [3.63, 3.8) is 0 Å². The lowest BCUT2D eigenvalue weighted by molar-refractivity contribution is -0.217. The number of anilines is 2. The number of ether oxygens (including phenoxy) is 1. The lowest BCUT2D eigenvalue weighted by Gasteiger charge is -2.68. The van der Waals surface area contributed by atoms with E-state index in [9.17, 15) is 23.9 Å². The summed E-state index contributed by atoms with van der Waals surface area (Å²) in [4.78, 5) is 22.8. The molecule has 46 heavy (non-hydrogen) atoms. The summed E-state index contributed by atoms with van der Waals surface area (Å²) in [5, 5.41) is 23.2. The van der Waals surface area contributed by atoms with Gasteiger partial charge in [0, 0.05) is 35.8 Å². The van der Waals surface area contributed by atoms with Crippen LogP contribution in [0.2, 0.25) is 5.02 Å². The number of nitrogens with one attached hydrogen (secondary N) is 1. The van der Waals surface area contributed by atoms with Crippen LogP contribution in [-0.2, 0) is 4.79 Å². The van der Waals surface area contributed by atoms with E-state index in [0.717, 1.165) is 30.7 Å². The SMILES string of the molecule is N#Cc1c(N)sc2c(F)ccc(-c3c(Cl)cc4c(NCC56CC(C(=O)O)(C5)C6)nc(OC[C@@]56CCCN5C[C@H](F)C6)nc4c3F)c12. The van der Waals surface area contributed by atoms with Crippen molar-refractivity contribution >= 4 is 60.7 Å². The van der Waals surface area contributed by atoms with Crippen molar-refractivity contribution < 1.29 is 27.8 Å². The molecule has 4 N–H and O–H groups in total. The predicted octanol–water partition coefficient (Wildman–Crippen LogP) is 6.52. The number of nitrogens with zero attached hydrogens (tertiary/aromatic N) is 4. The van der Waals surface area contributed by atoms with Gasteiger partial charge in [0.25, 0.3) is 0 Å². The highest BCUT2D eigenvalue weighted by Gasteiger charge is 2.71. The number of carbonyl (C=O) groups is 1. The predicted molar refractivity (Wildman–Crippen MR) is 168 cm³/mol. The summed E-state index contributed by atoms with van der Waals surface area (Å²) in [5.41, 5.74) is 4.70. The molecule has 3 saturated carbocycles. The van der Waals surface area contributed by atoms with Gasteiger partial charge >= 0.3 is 12.0 Å². The Balaban J connectivity index is 1.22. The zero-order valence-corrected chi connectivity index (χ0v) is 26.0. The average Bonchev–Trinajstić information content (AvgIpc) is 3.61. The van der Waals surface area contributed by atoms with Crippen LogP contribution in [0.15, 0.2) is 18.2 Å². The number of alkyl halides is 1. The molecule has 2 aromatic carbocycles. The summed E-state index contributed by atoms with van der Waals surface area (Å²) in [6.45, 7) is 1.66. The van der Waals surface area contributed by atoms with E-state index in [1.54, 1.807) is 0 Å². The molecule has 5 aliphatic rings. The number of carboxylic acid groups (broad SMARTS) is 1. The van der Waals surface area contributed by atoms with Gasteiger partial charge in [-0.2, -0.15) is 15.2 Å². The first-order valence-corrected chi connectivity index (χ1v) is 16.3. The van der Waals surface area contributed by atoms with E-state index in [2.05, 4.69) is 20.2 Å². The van der Waals surface area contributed by atoms with Gasteiger partial charge in [-0.25, -0.2) is 13.2 Å². The Bertz CT molecular complexity index is 2010. The van der Waals surface area contributed by atoms with Crippen molar-refractivity contribution in [2.45, 2.75) is 50.2 Å². The Morgan fingerprint density at radius 1 is 1.30 bits per heavy atom. The number of halogens is 4. The molecule has 2 bridgehead atoms. The van der Waals surface area contributed by atoms with Crippen LogP contribution >= 0.6 is 22.9 Å². The van der Waals surface area contributed by atoms with E-state index in [1.807, 2.05) is 6.07 Å². The Hall–Kier alpha value is -3.86. The summed E-state index contributed by atoms with van der Waals surface area (Å²) < 4.78 is 52.2. The van der Waals surface area contributed by atoms with Gasteiger partial charge in [-0.1, -0.05) is 17.7 Å². The van der Waals surface area contributed by atoms with E-state index in [1.165, 1.54) is 18.2 Å². The zero-order chi connectivity index (χ0) is 32.2. The number of aromatic nitrogens is 2. The number of nitrogen functional groups attached to an aromatic ring is 1. The van der Waals surface area contributed by atoms with Gasteiger partial charge in [-0.15, -0.1) is 11.3 Å². The molecule has 238 valence electrons. The van der Waals surface area contributed by atoms with Crippen LogP contribution in [0.3, 0.4) is 0 Å². The third-order valence-electron chi connectivity index (χ3n) is 10.5. The molecule has 0 unspecified atom stereocenters. The van der Waals surface area contributed by atoms with Gasteiger partial charge in [0.2, 0.25) is 0 Å². The molecule has 2 aliphatic heterocycles. The quantitative estimate of drug-likeness (QED) is 0.192. The van der Waals surface area contributed by atoms with E-state index in [0.29, 0.717) is 38.8 Å². The van der Waals surface area contributed by atoms with E-state index < -0.39 is 34.7 Å². The molecule has 4 heterocycles. The van der Waals surface area contributed by atoms with Crippen LogP contribution in [0.1, 0.15) is 44.1 Å². The fourth-order valence-electron chi connectivity index (χ4n) is 8.46. The fourth-order valence-corrected chi connectivity index (χ4v) is 9.70. The Morgan fingerprint density at radius 2 is 2.09 bits per heavy atom. The maximum absolute atomic E-state index is 16.8. The van der Waals surface area contributed by atoms with Crippen LogP contribution in [0.4, 0.5) is 24.0 Å². The largest absolute Gasteiger partial charge is 0.481 e. The van der Waals surface area contributed by atoms with Crippen LogP contribution < -0.4 is 15.8 Å². The van der Waals surface area contributed by atoms with Gasteiger partial charge in [-0.3, -0.25) is 9.69 Å². The fraction of sp³-hybridized carbons (Fsp3) is 0.438. The van der Waals surface area contributed by atoms with Crippen molar-refractivity contribution in [1.29, 1.82) is 5.26 Å². The molecule has 0 amide bonds. The van der Waals surface area contributed by atoms with Crippen LogP contribution in [0.5, 0.6) is 6.01 Å². The first-order valence-electron chi connectivity index (χ1n) is 15.1. The van der Waals surface area contributed by atoms with Gasteiger partial charge in [-0.05, 0) is 61.8 Å². The summed E-state index contributed by atoms with van der Waals surface area (Å²) in [6.07, 6.45) is 2.69. The number of nitriles is 1. The molecule has 0 spiro atoms. The highest BCUT2D eigenvalue weighted by atomic mass is 35.5. The molecule has 3 aliphatic carbocycles. The van der Waals surface area contributed by atoms with Crippen molar-refractivity contribution in [2.24, 2.45) is 10.8 Å². The number of benzene rings is 2. The van der Waals surface area contributed by atoms with Gasteiger partial charge in [0.05, 0.1) is 26.2 Å². The molecule has 9 rings (SSSR count). The first kappa shape index (κ1) is 29.5. The van der Waals surface area contributed by atoms with Crippen molar-refractivity contribution in [2.75, 3.05) is 37.3 Å². The van der Waals surface area contributed by atoms with Crippen LogP contribution in [0.25, 0.3) is 32.1 Å². The third-order valence-corrected chi connectivity index (χ3v) is 11.8. The number of hydrogen-bond acceptors (Lipinski definition) is 9. The van der Waals surface area contributed by atoms with Gasteiger partial charge < -0.3 is 20.9 Å². The number of hydrogen-bond donors (Lipinski definition) is 3.